The van der Waals surface area contributed by atoms with Gasteiger partial charge in [-0.1, -0.05) is 158 Å². The van der Waals surface area contributed by atoms with Crippen molar-refractivity contribution >= 4 is 0 Å². The standard InChI is InChI=1S/C10H16.C9H14.C8H13N.C8H14.C7H13N.C7H12O.2C7H12.3C6H11N.C6H10O/c1-2-6-10(7-3-1)8-4-5-9-10;1-2-5-9(6-3-1)7-4-8-9;1-2-4-8(3-1)5-6-9-7-8;1-2-8-5-3-7(1)4-6-8;1-2-6-4-5-7(3-1)8-6;1-3-7-4-2-6(1)5-8-7;1-2-7-4-3-6(1)5-7;1-2-6-4-7(3-1)5-6;1-2-6-3-5(1)4-7-6;1-2-6-4-3-5(1)7-6;1-2-5-4-6(3-1)7-5;1-2-6-3-5(1)4-7-6/h4-5H,1-3,6-9H2;2,5H,1,3-4,6-8H2;1-2,9H,3-7H2;7-8H,1-6H2;6-8H,1-5H2;6-7H,1-5H2;2*6-7H,1-5H2;3*5-7H,1-4H2;5-6H,1-4H2. The predicted molar refractivity (Wildman–Crippen MR) is 396 cm³/mol. The lowest BCUT2D eigenvalue weighted by atomic mass is 9.64. The van der Waals surface area contributed by atoms with Crippen LogP contribution in [0.4, 0.5) is 0 Å². The minimum Gasteiger partial charge on any atom is -0.378 e. The van der Waals surface area contributed by atoms with Crippen LogP contribution >= 0.6 is 0 Å². The normalized spacial score (nSPS) is 41.9. The van der Waals surface area contributed by atoms with Crippen LogP contribution in [-0.4, -0.2) is 87.3 Å². The molecule has 3 spiro atoms. The highest BCUT2D eigenvalue weighted by atomic mass is 16.5. The van der Waals surface area contributed by atoms with Crippen molar-refractivity contribution in [2.75, 3.05) is 32.8 Å². The molecule has 8 unspecified atom stereocenters. The molecule has 8 atom stereocenters. The van der Waals surface area contributed by atoms with Gasteiger partial charge in [0.15, 0.2) is 0 Å². The molecular formula is C87H149N5O2. The third-order valence-electron chi connectivity index (χ3n) is 30.2. The van der Waals surface area contributed by atoms with Gasteiger partial charge in [-0.15, -0.1) is 0 Å². The average molecular weight is 1300 g/mol. The van der Waals surface area contributed by atoms with Crippen LogP contribution in [0.3, 0.4) is 0 Å². The van der Waals surface area contributed by atoms with Gasteiger partial charge in [-0.05, 0) is 314 Å². The SMILES string of the molecule is C1=CC2(CCC1)CCC2.C1=CCC2(C1)CCCCC2.C1=CCC2(C1)CCNC2.C1CC2CC(C1)C2.C1CC2CC(C1)N2.C1CC2CC1CN2.C1CC2CC1CO2.C1CC2CCC(C1)N2.C1CC2CCC1C2.C1CC2CCC1CC2.C1CC2CCC1CO2.C1CC2CCC1N2. The molecule has 534 valence electrons. The second-order valence-corrected chi connectivity index (χ2v) is 37.4. The molecule has 11 heterocycles. The van der Waals surface area contributed by atoms with Gasteiger partial charge in [-0.3, -0.25) is 0 Å². The fourth-order valence-electron chi connectivity index (χ4n) is 23.4. The van der Waals surface area contributed by atoms with Gasteiger partial charge in [0.05, 0.1) is 12.2 Å². The molecule has 28 rings (SSSR count). The molecule has 11 aliphatic heterocycles. The van der Waals surface area contributed by atoms with Crippen LogP contribution in [0, 0.1) is 69.5 Å². The Kier molecular flexibility index (Phi) is 27.9. The summed E-state index contributed by atoms with van der Waals surface area (Å²) >= 11 is 0. The Balaban J connectivity index is 0.0000000933. The van der Waals surface area contributed by atoms with Gasteiger partial charge in [0, 0.05) is 62.1 Å². The number of ether oxygens (including phenoxy) is 2. The summed E-state index contributed by atoms with van der Waals surface area (Å²) in [5.41, 5.74) is 2.15. The number of hydrogen-bond donors (Lipinski definition) is 5. The highest BCUT2D eigenvalue weighted by Gasteiger charge is 2.39. The van der Waals surface area contributed by atoms with Gasteiger partial charge < -0.3 is 36.1 Å². The van der Waals surface area contributed by atoms with Crippen LogP contribution in [0.25, 0.3) is 0 Å². The summed E-state index contributed by atoms with van der Waals surface area (Å²) in [6.45, 7) is 5.92. The Morgan fingerprint density at radius 1 is 0.287 bits per heavy atom. The van der Waals surface area contributed by atoms with Crippen molar-refractivity contribution in [3.05, 3.63) is 36.5 Å². The van der Waals surface area contributed by atoms with Gasteiger partial charge >= 0.3 is 0 Å². The minimum absolute atomic E-state index is 0.653. The maximum Gasteiger partial charge on any atom is 0.0578 e. The van der Waals surface area contributed by atoms with E-state index >= 15 is 0 Å². The predicted octanol–water partition coefficient (Wildman–Crippen LogP) is 21.1. The Bertz CT molecular complexity index is 1890. The fraction of sp³-hybridized carbons (Fsp3) is 0.931. The van der Waals surface area contributed by atoms with Crippen molar-refractivity contribution in [1.29, 1.82) is 0 Å². The number of nitrogens with one attached hydrogen (secondary N) is 5. The smallest absolute Gasteiger partial charge is 0.0578 e. The van der Waals surface area contributed by atoms with Crippen molar-refractivity contribution in [2.45, 2.75) is 408 Å². The molecule has 0 aromatic rings. The van der Waals surface area contributed by atoms with E-state index < -0.39 is 0 Å². The summed E-state index contributed by atoms with van der Waals surface area (Å²) < 4.78 is 10.8. The maximum atomic E-state index is 5.48. The van der Waals surface area contributed by atoms with E-state index in [4.69, 9.17) is 9.47 Å². The highest BCUT2D eigenvalue weighted by Crippen LogP contribution is 2.50. The van der Waals surface area contributed by atoms with Crippen LogP contribution in [0.5, 0.6) is 0 Å². The van der Waals surface area contributed by atoms with E-state index in [1.165, 1.54) is 300 Å². The van der Waals surface area contributed by atoms with Crippen LogP contribution in [0.2, 0.25) is 0 Å². The summed E-state index contributed by atoms with van der Waals surface area (Å²) in [6, 6.07) is 6.44. The highest BCUT2D eigenvalue weighted by molar-refractivity contribution is 5.08. The first kappa shape index (κ1) is 71.3. The van der Waals surface area contributed by atoms with E-state index in [1.54, 1.807) is 96.3 Å². The molecule has 0 amide bonds. The largest absolute Gasteiger partial charge is 0.378 e. The van der Waals surface area contributed by atoms with Crippen molar-refractivity contribution in [3.8, 4) is 0 Å². The molecule has 0 aromatic heterocycles. The van der Waals surface area contributed by atoms with Crippen LogP contribution in [0.15, 0.2) is 36.5 Å². The summed E-state index contributed by atoms with van der Waals surface area (Å²) in [6.07, 6.45) is 96.5. The van der Waals surface area contributed by atoms with Crippen LogP contribution in [-0.2, 0) is 9.47 Å². The average Bonchev–Trinajstić information content (AvgIpc) is 1.83. The van der Waals surface area contributed by atoms with Gasteiger partial charge in [0.1, 0.15) is 0 Å². The minimum atomic E-state index is 0.653. The van der Waals surface area contributed by atoms with Crippen molar-refractivity contribution in [3.63, 3.8) is 0 Å². The van der Waals surface area contributed by atoms with Gasteiger partial charge in [0.25, 0.3) is 0 Å². The molecule has 11 saturated heterocycles. The first-order valence-corrected chi connectivity index (χ1v) is 43.2. The van der Waals surface area contributed by atoms with Gasteiger partial charge in [0.2, 0.25) is 0 Å². The molecule has 5 N–H and O–H groups in total. The summed E-state index contributed by atoms with van der Waals surface area (Å²) in [5, 5.41) is 17.5. The third kappa shape index (κ3) is 22.0. The summed E-state index contributed by atoms with van der Waals surface area (Å²) in [5.74, 6) is 9.95. The van der Waals surface area contributed by atoms with E-state index in [0.29, 0.717) is 17.6 Å². The Morgan fingerprint density at radius 3 is 1.00 bits per heavy atom. The number of rotatable bonds is 0. The van der Waals surface area contributed by atoms with Gasteiger partial charge in [-0.2, -0.15) is 0 Å². The number of hydrogen-bond acceptors (Lipinski definition) is 7. The zero-order chi connectivity index (χ0) is 63.5. The third-order valence-corrected chi connectivity index (χ3v) is 30.2. The molecule has 25 fully saturated rings. The lowest BCUT2D eigenvalue weighted by Crippen LogP contribution is -2.55. The van der Waals surface area contributed by atoms with Crippen molar-refractivity contribution in [2.24, 2.45) is 69.5 Å². The van der Waals surface area contributed by atoms with E-state index in [2.05, 4.69) is 63.0 Å². The van der Waals surface area contributed by atoms with Crippen LogP contribution < -0.4 is 26.6 Å². The molecular weight excluding hydrogens is 1150 g/mol. The topological polar surface area (TPSA) is 78.6 Å². The Hall–Kier alpha value is -1.06. The van der Waals surface area contributed by atoms with E-state index in [9.17, 15) is 0 Å². The molecule has 7 heteroatoms. The van der Waals surface area contributed by atoms with Crippen molar-refractivity contribution in [1.82, 2.24) is 26.6 Å². The van der Waals surface area contributed by atoms with Gasteiger partial charge in [-0.25, -0.2) is 0 Å². The monoisotopic (exact) mass is 1300 g/mol. The Morgan fingerprint density at radius 2 is 0.745 bits per heavy atom. The number of allylic oxidation sites excluding steroid dienone is 6. The lowest BCUT2D eigenvalue weighted by molar-refractivity contribution is -0.0615. The molecule has 7 nitrogen and oxygen atoms in total. The molecule has 18 bridgehead atoms. The maximum absolute atomic E-state index is 5.48. The zero-order valence-electron chi connectivity index (χ0n) is 61.1. The number of piperidine rings is 3. The molecule has 0 aromatic carbocycles. The fourth-order valence-corrected chi connectivity index (χ4v) is 23.4. The Labute approximate surface area is 579 Å². The van der Waals surface area contributed by atoms with Crippen LogP contribution in [0.1, 0.15) is 353 Å². The summed E-state index contributed by atoms with van der Waals surface area (Å²) in [4.78, 5) is 0. The second-order valence-electron chi connectivity index (χ2n) is 37.4. The molecule has 14 saturated carbocycles. The first-order valence-electron chi connectivity index (χ1n) is 43.2. The summed E-state index contributed by atoms with van der Waals surface area (Å²) in [7, 11) is 0. The zero-order valence-corrected chi connectivity index (χ0v) is 61.1. The second kappa shape index (κ2) is 36.7. The van der Waals surface area contributed by atoms with E-state index in [-0.39, 0.29) is 0 Å². The lowest BCUT2D eigenvalue weighted by Gasteiger charge is -2.42. The molecule has 0 radical (unpaired) electrons. The van der Waals surface area contributed by atoms with E-state index in [1.807, 2.05) is 0 Å². The molecule has 28 aliphatic rings. The quantitative estimate of drug-likeness (QED) is 0.155. The van der Waals surface area contributed by atoms with E-state index in [0.717, 1.165) is 95.9 Å². The van der Waals surface area contributed by atoms with Crippen molar-refractivity contribution < 1.29 is 9.47 Å². The number of fused-ring (bicyclic) bond motifs is 20. The molecule has 17 aliphatic carbocycles. The molecule has 94 heavy (non-hydrogen) atoms. The first-order chi connectivity index (χ1) is 46.3.